The molecule has 0 fully saturated rings. The van der Waals surface area contributed by atoms with E-state index in [4.69, 9.17) is 10.2 Å². The summed E-state index contributed by atoms with van der Waals surface area (Å²) in [6.07, 6.45) is 0.819. The van der Waals surface area contributed by atoms with Crippen LogP contribution in [0.5, 0.6) is 0 Å². The Kier molecular flexibility index (Phi) is 12.7. The molecule has 8 heteroatoms. The molecule has 0 aromatic heterocycles. The van der Waals surface area contributed by atoms with Crippen molar-refractivity contribution in [2.24, 2.45) is 5.41 Å². The van der Waals surface area contributed by atoms with E-state index in [1.54, 1.807) is 48.5 Å². The van der Waals surface area contributed by atoms with Crippen molar-refractivity contribution in [3.8, 4) is 0 Å². The second-order valence-corrected chi connectivity index (χ2v) is 14.3. The summed E-state index contributed by atoms with van der Waals surface area (Å²) >= 11 is 0. The van der Waals surface area contributed by atoms with Gasteiger partial charge in [0.25, 0.3) is 0 Å². The Morgan fingerprint density at radius 2 is 0.684 bits per heavy atom. The van der Waals surface area contributed by atoms with E-state index in [-0.39, 0.29) is 18.6 Å². The molecule has 6 nitrogen and oxygen atoms in total. The molecule has 4 aromatic carbocycles. The molecule has 0 spiro atoms. The summed E-state index contributed by atoms with van der Waals surface area (Å²) in [5, 5.41) is 19.7. The molecule has 206 valence electrons. The van der Waals surface area contributed by atoms with Gasteiger partial charge >= 0.3 is 178 Å². The van der Waals surface area contributed by atoms with Crippen molar-refractivity contribution in [3.05, 3.63) is 121 Å². The predicted molar refractivity (Wildman–Crippen MR) is 162 cm³/mol. The van der Waals surface area contributed by atoms with E-state index in [1.807, 2.05) is 86.6 Å². The maximum atomic E-state index is 10.2. The number of rotatable bonds is 7. The predicted octanol–water partition coefficient (Wildman–Crippen LogP) is 2.79. The van der Waals surface area contributed by atoms with E-state index in [2.05, 4.69) is 0 Å². The summed E-state index contributed by atoms with van der Waals surface area (Å²) in [5.74, 6) is 0. The monoisotopic (exact) mass is 558 g/mol. The van der Waals surface area contributed by atoms with Gasteiger partial charge in [-0.25, -0.2) is 0 Å². The van der Waals surface area contributed by atoms with Gasteiger partial charge in [0.1, 0.15) is 0 Å². The molecule has 6 N–H and O–H groups in total. The summed E-state index contributed by atoms with van der Waals surface area (Å²) in [7, 11) is -6.91. The zero-order chi connectivity index (χ0) is 28.1. The molecule has 4 rings (SSSR count). The van der Waals surface area contributed by atoms with E-state index in [0.717, 1.165) is 6.42 Å². The first-order valence-electron chi connectivity index (χ1n) is 12.4. The van der Waals surface area contributed by atoms with Crippen LogP contribution in [0, 0.1) is 5.41 Å². The van der Waals surface area contributed by atoms with Crippen molar-refractivity contribution in [3.63, 3.8) is 0 Å². The van der Waals surface area contributed by atoms with Crippen molar-refractivity contribution in [1.82, 2.24) is 0 Å². The van der Waals surface area contributed by atoms with Crippen LogP contribution in [0.15, 0.2) is 121 Å². The van der Waals surface area contributed by atoms with Crippen molar-refractivity contribution in [1.29, 1.82) is 0 Å². The summed E-state index contributed by atoms with van der Waals surface area (Å²) < 4.78 is 0. The Hall–Kier alpha value is -2.50. The number of benzene rings is 4. The Labute approximate surface area is 226 Å². The van der Waals surface area contributed by atoms with Crippen LogP contribution in [0.1, 0.15) is 20.3 Å². The normalized spacial score (nSPS) is 12.3. The average Bonchev–Trinajstić information content (AvgIpc) is 2.99. The second kappa shape index (κ2) is 15.2. The van der Waals surface area contributed by atoms with Gasteiger partial charge in [0.05, 0.1) is 13.2 Å². The molecular formula is C30H40O6P2. The first-order valence-corrected chi connectivity index (χ1v) is 16.2. The van der Waals surface area contributed by atoms with Gasteiger partial charge in [-0.2, -0.15) is 0 Å². The van der Waals surface area contributed by atoms with Gasteiger partial charge in [0.15, 0.2) is 0 Å². The molecule has 4 aromatic rings. The van der Waals surface area contributed by atoms with Crippen LogP contribution < -0.4 is 21.2 Å². The van der Waals surface area contributed by atoms with Crippen molar-refractivity contribution < 1.29 is 29.8 Å². The number of hydrogen-bond donors (Lipinski definition) is 6. The number of hydrogen-bond acceptors (Lipinski definition) is 6. The molecule has 0 radical (unpaired) electrons. The van der Waals surface area contributed by atoms with Crippen LogP contribution in [0.25, 0.3) is 0 Å². The molecule has 0 aliphatic rings. The molecule has 0 bridgehead atoms. The quantitative estimate of drug-likeness (QED) is 0.194. The van der Waals surface area contributed by atoms with Crippen LogP contribution in [-0.4, -0.2) is 43.0 Å². The van der Waals surface area contributed by atoms with Gasteiger partial charge in [0, 0.05) is 5.41 Å². The van der Waals surface area contributed by atoms with Gasteiger partial charge in [-0.05, 0) is 6.42 Å². The van der Waals surface area contributed by atoms with Crippen LogP contribution in [0.4, 0.5) is 0 Å². The van der Waals surface area contributed by atoms with Crippen molar-refractivity contribution in [2.75, 3.05) is 13.2 Å². The van der Waals surface area contributed by atoms with Crippen LogP contribution in [0.2, 0.25) is 0 Å². The average molecular weight is 559 g/mol. The number of aliphatic hydroxyl groups excluding tert-OH is 2. The minimum atomic E-state index is -3.46. The maximum absolute atomic E-state index is 10.2. The van der Waals surface area contributed by atoms with E-state index in [0.29, 0.717) is 21.2 Å². The van der Waals surface area contributed by atoms with E-state index >= 15 is 0 Å². The van der Waals surface area contributed by atoms with E-state index in [9.17, 15) is 19.6 Å². The molecule has 0 unspecified atom stereocenters. The summed E-state index contributed by atoms with van der Waals surface area (Å²) in [6.45, 7) is 3.94. The molecule has 0 aliphatic carbocycles. The van der Waals surface area contributed by atoms with E-state index in [1.165, 1.54) is 0 Å². The third-order valence-corrected chi connectivity index (χ3v) is 10.9. The third-order valence-electron chi connectivity index (χ3n) is 6.32. The summed E-state index contributed by atoms with van der Waals surface area (Å²) in [4.78, 5) is 40.6. The first-order chi connectivity index (χ1) is 18.1. The minimum absolute atomic E-state index is 0.0694. The second-order valence-electron chi connectivity index (χ2n) is 9.29. The Morgan fingerprint density at radius 3 is 0.816 bits per heavy atom. The van der Waals surface area contributed by atoms with Gasteiger partial charge < -0.3 is 10.2 Å². The van der Waals surface area contributed by atoms with Crippen molar-refractivity contribution in [2.45, 2.75) is 20.3 Å². The molecule has 0 atom stereocenters. The fraction of sp³-hybridized carbons (Fsp3) is 0.200. The molecule has 0 saturated heterocycles. The summed E-state index contributed by atoms with van der Waals surface area (Å²) in [5.41, 5.74) is -0.264. The summed E-state index contributed by atoms with van der Waals surface area (Å²) in [6, 6.07) is 35.9. The molecule has 38 heavy (non-hydrogen) atoms. The first kappa shape index (κ1) is 31.7. The molecule has 0 saturated carbocycles. The molecule has 0 aliphatic heterocycles. The fourth-order valence-corrected chi connectivity index (χ4v) is 6.58. The molecule has 0 heterocycles. The van der Waals surface area contributed by atoms with Crippen LogP contribution in [-0.2, 0) is 0 Å². The SMILES string of the molecule is CCC(C)(CO)CO.O[PH](O)(c1ccccc1)c1ccccc1.O[PH](O)(c1ccccc1)c1ccccc1. The van der Waals surface area contributed by atoms with E-state index < -0.39 is 15.4 Å². The third kappa shape index (κ3) is 9.06. The Balaban J connectivity index is 0.000000211. The zero-order valence-electron chi connectivity index (χ0n) is 21.9. The Bertz CT molecular complexity index is 992. The van der Waals surface area contributed by atoms with Crippen molar-refractivity contribution >= 4 is 36.7 Å². The fourth-order valence-electron chi connectivity index (χ4n) is 3.29. The zero-order valence-corrected chi connectivity index (χ0v) is 23.9. The topological polar surface area (TPSA) is 121 Å². The molecular weight excluding hydrogens is 518 g/mol. The van der Waals surface area contributed by atoms with Crippen LogP contribution in [0.3, 0.4) is 0 Å². The van der Waals surface area contributed by atoms with Gasteiger partial charge in [-0.3, -0.25) is 0 Å². The molecule has 0 amide bonds. The van der Waals surface area contributed by atoms with Gasteiger partial charge in [-0.15, -0.1) is 0 Å². The van der Waals surface area contributed by atoms with Crippen LogP contribution >= 0.6 is 15.4 Å². The Morgan fingerprint density at radius 1 is 0.474 bits per heavy atom. The van der Waals surface area contributed by atoms with Gasteiger partial charge in [0.2, 0.25) is 0 Å². The standard InChI is InChI=1S/2C12H13O2P.C6H14O2/c2*13-15(14,11-7-3-1-4-8-11)12-9-5-2-6-10-12;1-3-6(2,4-7)5-8/h2*1-10,13-15H;7-8H,3-5H2,1-2H3. The van der Waals surface area contributed by atoms with Gasteiger partial charge in [-0.1, -0.05) is 13.8 Å². The number of aliphatic hydroxyl groups is 2.